The SMILES string of the molecule is Nc1onc(-c2ccncc2)c1C(=O)O. The van der Waals surface area contributed by atoms with Gasteiger partial charge >= 0.3 is 5.97 Å². The van der Waals surface area contributed by atoms with Crippen LogP contribution in [0.1, 0.15) is 10.4 Å². The van der Waals surface area contributed by atoms with E-state index in [1.807, 2.05) is 0 Å². The van der Waals surface area contributed by atoms with Crippen molar-refractivity contribution in [1.82, 2.24) is 10.1 Å². The normalized spacial score (nSPS) is 10.1. The number of nitrogens with zero attached hydrogens (tertiary/aromatic N) is 2. The average Bonchev–Trinajstić information content (AvgIpc) is 2.61. The number of aromatic carboxylic acids is 1. The van der Waals surface area contributed by atoms with Crippen LogP contribution in [0.15, 0.2) is 29.0 Å². The summed E-state index contributed by atoms with van der Waals surface area (Å²) in [5.41, 5.74) is 6.04. The van der Waals surface area contributed by atoms with Gasteiger partial charge in [-0.05, 0) is 12.1 Å². The van der Waals surface area contributed by atoms with E-state index >= 15 is 0 Å². The van der Waals surface area contributed by atoms with Gasteiger partial charge in [-0.2, -0.15) is 0 Å². The molecule has 0 aromatic carbocycles. The Morgan fingerprint density at radius 3 is 2.67 bits per heavy atom. The van der Waals surface area contributed by atoms with Gasteiger partial charge in [-0.25, -0.2) is 4.79 Å². The van der Waals surface area contributed by atoms with Crippen molar-refractivity contribution in [2.75, 3.05) is 5.73 Å². The zero-order valence-corrected chi connectivity index (χ0v) is 7.54. The highest BCUT2D eigenvalue weighted by Gasteiger charge is 2.21. The fraction of sp³-hybridized carbons (Fsp3) is 0. The third kappa shape index (κ3) is 1.52. The lowest BCUT2D eigenvalue weighted by Gasteiger charge is -1.95. The molecule has 2 rings (SSSR count). The third-order valence-corrected chi connectivity index (χ3v) is 1.89. The van der Waals surface area contributed by atoms with Gasteiger partial charge in [0.05, 0.1) is 0 Å². The minimum absolute atomic E-state index is 0.124. The molecule has 0 fully saturated rings. The van der Waals surface area contributed by atoms with E-state index in [9.17, 15) is 4.79 Å². The Morgan fingerprint density at radius 1 is 1.40 bits per heavy atom. The molecule has 0 spiro atoms. The lowest BCUT2D eigenvalue weighted by molar-refractivity contribution is 0.0698. The smallest absolute Gasteiger partial charge is 0.343 e. The van der Waals surface area contributed by atoms with Gasteiger partial charge in [0.2, 0.25) is 5.88 Å². The van der Waals surface area contributed by atoms with Gasteiger partial charge in [-0.1, -0.05) is 5.16 Å². The lowest BCUT2D eigenvalue weighted by Crippen LogP contribution is -2.01. The van der Waals surface area contributed by atoms with Crippen molar-refractivity contribution in [2.45, 2.75) is 0 Å². The van der Waals surface area contributed by atoms with Crippen LogP contribution in [-0.4, -0.2) is 21.2 Å². The van der Waals surface area contributed by atoms with Crippen molar-refractivity contribution < 1.29 is 14.4 Å². The van der Waals surface area contributed by atoms with E-state index in [-0.39, 0.29) is 17.1 Å². The number of carboxylic acids is 1. The molecule has 76 valence electrons. The van der Waals surface area contributed by atoms with Crippen LogP contribution in [0, 0.1) is 0 Å². The number of hydrogen-bond acceptors (Lipinski definition) is 5. The molecule has 0 saturated carbocycles. The minimum atomic E-state index is -1.17. The van der Waals surface area contributed by atoms with Crippen LogP contribution >= 0.6 is 0 Å². The van der Waals surface area contributed by atoms with Gasteiger partial charge in [-0.15, -0.1) is 0 Å². The molecule has 15 heavy (non-hydrogen) atoms. The molecule has 6 nitrogen and oxygen atoms in total. The van der Waals surface area contributed by atoms with Crippen molar-refractivity contribution in [2.24, 2.45) is 0 Å². The Hall–Kier alpha value is -2.37. The van der Waals surface area contributed by atoms with E-state index in [1.54, 1.807) is 12.1 Å². The summed E-state index contributed by atoms with van der Waals surface area (Å²) >= 11 is 0. The third-order valence-electron chi connectivity index (χ3n) is 1.89. The van der Waals surface area contributed by atoms with Crippen molar-refractivity contribution in [3.8, 4) is 11.3 Å². The number of aromatic nitrogens is 2. The van der Waals surface area contributed by atoms with E-state index in [0.717, 1.165) is 0 Å². The van der Waals surface area contributed by atoms with Crippen LogP contribution in [0.4, 0.5) is 5.88 Å². The summed E-state index contributed by atoms with van der Waals surface area (Å²) in [6, 6.07) is 3.26. The highest BCUT2D eigenvalue weighted by molar-refractivity contribution is 5.98. The second-order valence-corrected chi connectivity index (χ2v) is 2.81. The predicted octanol–water partition coefficient (Wildman–Crippen LogP) is 1.02. The number of anilines is 1. The summed E-state index contributed by atoms with van der Waals surface area (Å²) in [6.45, 7) is 0. The second kappa shape index (κ2) is 3.41. The predicted molar refractivity (Wildman–Crippen MR) is 51.1 cm³/mol. The van der Waals surface area contributed by atoms with Gasteiger partial charge in [0.25, 0.3) is 0 Å². The minimum Gasteiger partial charge on any atom is -0.477 e. The highest BCUT2D eigenvalue weighted by Crippen LogP contribution is 2.26. The number of hydrogen-bond donors (Lipinski definition) is 2. The standard InChI is InChI=1S/C9H7N3O3/c10-8-6(9(13)14)7(12-15-8)5-1-3-11-4-2-5/h1-4H,10H2,(H,13,14). The van der Waals surface area contributed by atoms with E-state index in [0.29, 0.717) is 5.56 Å². The molecule has 3 N–H and O–H groups in total. The monoisotopic (exact) mass is 205 g/mol. The summed E-state index contributed by atoms with van der Waals surface area (Å²) in [5.74, 6) is -1.37. The van der Waals surface area contributed by atoms with Gasteiger partial charge < -0.3 is 15.4 Å². The van der Waals surface area contributed by atoms with E-state index in [4.69, 9.17) is 10.8 Å². The van der Waals surface area contributed by atoms with Gasteiger partial charge in [0, 0.05) is 18.0 Å². The van der Waals surface area contributed by atoms with Crippen molar-refractivity contribution in [3.63, 3.8) is 0 Å². The molecule has 0 aliphatic rings. The Bertz CT molecular complexity index is 493. The number of carboxylic acid groups (broad SMARTS) is 1. The quantitative estimate of drug-likeness (QED) is 0.758. The van der Waals surface area contributed by atoms with Crippen LogP contribution < -0.4 is 5.73 Å². The number of nitrogens with two attached hydrogens (primary N) is 1. The fourth-order valence-corrected chi connectivity index (χ4v) is 1.22. The number of rotatable bonds is 2. The molecule has 0 amide bonds. The van der Waals surface area contributed by atoms with Crippen molar-refractivity contribution in [1.29, 1.82) is 0 Å². The number of pyridine rings is 1. The summed E-state index contributed by atoms with van der Waals surface area (Å²) in [6.07, 6.45) is 3.07. The molecule has 2 heterocycles. The maximum atomic E-state index is 10.9. The first-order valence-electron chi connectivity index (χ1n) is 4.09. The largest absolute Gasteiger partial charge is 0.477 e. The summed E-state index contributed by atoms with van der Waals surface area (Å²) in [4.78, 5) is 14.7. The fourth-order valence-electron chi connectivity index (χ4n) is 1.22. The van der Waals surface area contributed by atoms with Crippen LogP contribution in [0.2, 0.25) is 0 Å². The molecular formula is C9H7N3O3. The average molecular weight is 205 g/mol. The molecule has 0 saturated heterocycles. The molecule has 0 bridgehead atoms. The molecule has 0 unspecified atom stereocenters. The molecule has 2 aromatic heterocycles. The Kier molecular flexibility index (Phi) is 2.09. The van der Waals surface area contributed by atoms with Crippen LogP contribution in [-0.2, 0) is 0 Å². The zero-order valence-electron chi connectivity index (χ0n) is 7.54. The van der Waals surface area contributed by atoms with Gasteiger partial charge in [-0.3, -0.25) is 4.98 Å². The van der Waals surface area contributed by atoms with Crippen LogP contribution in [0.5, 0.6) is 0 Å². The summed E-state index contributed by atoms with van der Waals surface area (Å²) < 4.78 is 4.64. The maximum absolute atomic E-state index is 10.9. The van der Waals surface area contributed by atoms with Crippen molar-refractivity contribution >= 4 is 11.9 Å². The molecule has 2 aromatic rings. The molecule has 0 aliphatic carbocycles. The molecular weight excluding hydrogens is 198 g/mol. The van der Waals surface area contributed by atoms with E-state index in [1.165, 1.54) is 12.4 Å². The first-order valence-corrected chi connectivity index (χ1v) is 4.09. The number of nitrogen functional groups attached to an aromatic ring is 1. The molecule has 0 radical (unpaired) electrons. The highest BCUT2D eigenvalue weighted by atomic mass is 16.5. The van der Waals surface area contributed by atoms with Gasteiger partial charge in [0.1, 0.15) is 5.69 Å². The first-order chi connectivity index (χ1) is 7.20. The number of carbonyl (C=O) groups is 1. The Morgan fingerprint density at radius 2 is 2.07 bits per heavy atom. The Balaban J connectivity index is 2.59. The second-order valence-electron chi connectivity index (χ2n) is 2.81. The molecule has 0 atom stereocenters. The maximum Gasteiger partial charge on any atom is 0.343 e. The summed E-state index contributed by atoms with van der Waals surface area (Å²) in [7, 11) is 0. The first kappa shape index (κ1) is 9.20. The van der Waals surface area contributed by atoms with Crippen molar-refractivity contribution in [3.05, 3.63) is 30.1 Å². The van der Waals surface area contributed by atoms with Crippen LogP contribution in [0.25, 0.3) is 11.3 Å². The molecule has 6 heteroatoms. The topological polar surface area (TPSA) is 102 Å². The van der Waals surface area contributed by atoms with Gasteiger partial charge in [0.15, 0.2) is 5.56 Å². The lowest BCUT2D eigenvalue weighted by atomic mass is 10.1. The summed E-state index contributed by atoms with van der Waals surface area (Å²) in [5, 5.41) is 12.5. The zero-order chi connectivity index (χ0) is 10.8. The van der Waals surface area contributed by atoms with E-state index < -0.39 is 5.97 Å². The molecule has 0 aliphatic heterocycles. The van der Waals surface area contributed by atoms with Crippen LogP contribution in [0.3, 0.4) is 0 Å². The van der Waals surface area contributed by atoms with E-state index in [2.05, 4.69) is 14.7 Å². The Labute approximate surface area is 84.3 Å².